The van der Waals surface area contributed by atoms with Gasteiger partial charge in [-0.15, -0.1) is 0 Å². The van der Waals surface area contributed by atoms with Gasteiger partial charge in [-0.1, -0.05) is 36.4 Å². The third kappa shape index (κ3) is 5.07. The number of amides is 2. The van der Waals surface area contributed by atoms with E-state index in [1.807, 2.05) is 42.3 Å². The molecule has 10 heteroatoms. The standard InChI is InChI=1S/C28H33ClN6O3/c1-3-23(36)35-13-10-17(11-14-35)24-22(9-6-12-28(24,2)38-26(30)37)33-27-32-16-20(29)25(34-27)19-15-31-21-8-5-4-7-18(19)21/h3-5,7-8,15-17,22,24,31H,1,6,9-14H2,2H3,(H2,30,37)(H,32,33,34)/t22-,24?,28+/m1/s1. The molecule has 0 bridgehead atoms. The second-order valence-electron chi connectivity index (χ2n) is 10.4. The van der Waals surface area contributed by atoms with Crippen LogP contribution in [0.25, 0.3) is 22.2 Å². The summed E-state index contributed by atoms with van der Waals surface area (Å²) < 4.78 is 5.79. The molecule has 1 saturated heterocycles. The van der Waals surface area contributed by atoms with Crippen LogP contribution >= 0.6 is 11.6 Å². The number of likely N-dealkylation sites (tertiary alicyclic amines) is 1. The van der Waals surface area contributed by atoms with Gasteiger partial charge in [0.2, 0.25) is 11.9 Å². The van der Waals surface area contributed by atoms with Crippen molar-refractivity contribution in [2.75, 3.05) is 18.4 Å². The molecule has 3 heterocycles. The van der Waals surface area contributed by atoms with Gasteiger partial charge < -0.3 is 25.7 Å². The average Bonchev–Trinajstić information content (AvgIpc) is 3.33. The number of fused-ring (bicyclic) bond motifs is 1. The van der Waals surface area contributed by atoms with Crippen LogP contribution in [-0.2, 0) is 9.53 Å². The molecule has 2 amide bonds. The van der Waals surface area contributed by atoms with Crippen molar-refractivity contribution in [3.8, 4) is 11.3 Å². The fourth-order valence-corrected chi connectivity index (χ4v) is 6.64. The normalized spacial score (nSPS) is 24.2. The first-order chi connectivity index (χ1) is 18.3. The van der Waals surface area contributed by atoms with Crippen LogP contribution in [0.15, 0.2) is 49.3 Å². The summed E-state index contributed by atoms with van der Waals surface area (Å²) in [6.45, 7) is 6.84. The van der Waals surface area contributed by atoms with Crippen molar-refractivity contribution >= 4 is 40.5 Å². The number of aromatic amines is 1. The Morgan fingerprint density at radius 3 is 2.79 bits per heavy atom. The zero-order valence-corrected chi connectivity index (χ0v) is 22.2. The van der Waals surface area contributed by atoms with E-state index < -0.39 is 11.7 Å². The largest absolute Gasteiger partial charge is 0.443 e. The first-order valence-electron chi connectivity index (χ1n) is 13.0. The van der Waals surface area contributed by atoms with Crippen molar-refractivity contribution in [1.82, 2.24) is 19.9 Å². The monoisotopic (exact) mass is 536 g/mol. The Hall–Kier alpha value is -3.59. The third-order valence-corrected chi connectivity index (χ3v) is 8.37. The molecule has 9 nitrogen and oxygen atoms in total. The van der Waals surface area contributed by atoms with Crippen LogP contribution in [0, 0.1) is 11.8 Å². The van der Waals surface area contributed by atoms with Gasteiger partial charge in [0.1, 0.15) is 5.60 Å². The van der Waals surface area contributed by atoms with Gasteiger partial charge in [-0.3, -0.25) is 4.79 Å². The van der Waals surface area contributed by atoms with Crippen LogP contribution in [0.2, 0.25) is 5.02 Å². The van der Waals surface area contributed by atoms with Crippen LogP contribution in [0.4, 0.5) is 10.7 Å². The predicted octanol–water partition coefficient (Wildman–Crippen LogP) is 5.14. The van der Waals surface area contributed by atoms with E-state index in [0.717, 1.165) is 42.1 Å². The van der Waals surface area contributed by atoms with Gasteiger partial charge in [0.15, 0.2) is 0 Å². The maximum atomic E-state index is 12.1. The molecule has 2 aromatic heterocycles. The zero-order valence-electron chi connectivity index (χ0n) is 21.5. The summed E-state index contributed by atoms with van der Waals surface area (Å²) in [4.78, 5) is 38.5. The van der Waals surface area contributed by atoms with Crippen LogP contribution in [0.1, 0.15) is 39.0 Å². The van der Waals surface area contributed by atoms with E-state index in [9.17, 15) is 9.59 Å². The number of halogens is 1. The number of carbonyl (C=O) groups is 2. The number of nitrogens with two attached hydrogens (primary N) is 1. The number of ether oxygens (including phenoxy) is 1. The smallest absolute Gasteiger partial charge is 0.405 e. The Morgan fingerprint density at radius 2 is 2.05 bits per heavy atom. The average molecular weight is 537 g/mol. The molecule has 2 aliphatic rings. The van der Waals surface area contributed by atoms with Gasteiger partial charge in [0.05, 0.1) is 16.9 Å². The number of para-hydroxylation sites is 1. The van der Waals surface area contributed by atoms with Gasteiger partial charge >= 0.3 is 6.09 Å². The molecule has 5 rings (SSSR count). The van der Waals surface area contributed by atoms with E-state index in [0.29, 0.717) is 36.2 Å². The molecule has 1 aliphatic carbocycles. The van der Waals surface area contributed by atoms with Crippen LogP contribution in [0.3, 0.4) is 0 Å². The van der Waals surface area contributed by atoms with Gasteiger partial charge in [-0.2, -0.15) is 0 Å². The molecule has 2 fully saturated rings. The molecule has 0 spiro atoms. The Labute approximate surface area is 226 Å². The molecular formula is C28H33ClN6O3. The lowest BCUT2D eigenvalue weighted by Gasteiger charge is -2.50. The summed E-state index contributed by atoms with van der Waals surface area (Å²) in [5.41, 5.74) is 7.32. The number of rotatable bonds is 6. The minimum absolute atomic E-state index is 0.0412. The molecule has 1 unspecified atom stereocenters. The van der Waals surface area contributed by atoms with Gasteiger partial charge in [0, 0.05) is 47.7 Å². The second-order valence-corrected chi connectivity index (χ2v) is 10.8. The fourth-order valence-electron chi connectivity index (χ4n) is 6.45. The number of H-pyrrole nitrogens is 1. The summed E-state index contributed by atoms with van der Waals surface area (Å²) >= 11 is 6.56. The van der Waals surface area contributed by atoms with Crippen LogP contribution in [0.5, 0.6) is 0 Å². The van der Waals surface area contributed by atoms with Crippen LogP contribution < -0.4 is 11.1 Å². The molecule has 3 atom stereocenters. The zero-order chi connectivity index (χ0) is 26.9. The number of nitrogens with one attached hydrogen (secondary N) is 2. The first kappa shape index (κ1) is 26.0. The number of aromatic nitrogens is 3. The molecule has 3 aromatic rings. The maximum Gasteiger partial charge on any atom is 0.405 e. The second kappa shape index (κ2) is 10.6. The van der Waals surface area contributed by atoms with Crippen molar-refractivity contribution in [2.24, 2.45) is 17.6 Å². The summed E-state index contributed by atoms with van der Waals surface area (Å²) in [5.74, 6) is 0.580. The van der Waals surface area contributed by atoms with Crippen molar-refractivity contribution in [3.05, 3.63) is 54.3 Å². The summed E-state index contributed by atoms with van der Waals surface area (Å²) in [6, 6.07) is 7.93. The van der Waals surface area contributed by atoms with Crippen molar-refractivity contribution in [3.63, 3.8) is 0 Å². The lowest BCUT2D eigenvalue weighted by Crippen LogP contribution is -2.56. The highest BCUT2D eigenvalue weighted by atomic mass is 35.5. The Bertz CT molecular complexity index is 1350. The highest BCUT2D eigenvalue weighted by Gasteiger charge is 2.49. The molecule has 1 saturated carbocycles. The summed E-state index contributed by atoms with van der Waals surface area (Å²) in [7, 11) is 0. The number of benzene rings is 1. The topological polar surface area (TPSA) is 126 Å². The minimum atomic E-state index is -0.776. The van der Waals surface area contributed by atoms with E-state index in [4.69, 9.17) is 27.1 Å². The summed E-state index contributed by atoms with van der Waals surface area (Å²) in [6.07, 6.45) is 8.12. The number of piperidine rings is 1. The molecular weight excluding hydrogens is 504 g/mol. The Kier molecular flexibility index (Phi) is 7.29. The molecule has 1 aromatic carbocycles. The number of carbonyl (C=O) groups excluding carboxylic acids is 2. The lowest BCUT2D eigenvalue weighted by molar-refractivity contribution is -0.128. The number of hydrogen-bond acceptors (Lipinski definition) is 6. The first-order valence-corrected chi connectivity index (χ1v) is 13.4. The Balaban J connectivity index is 1.44. The van der Waals surface area contributed by atoms with E-state index in [2.05, 4.69) is 21.9 Å². The number of nitrogens with zero attached hydrogens (tertiary/aromatic N) is 3. The lowest BCUT2D eigenvalue weighted by atomic mass is 9.65. The van der Waals surface area contributed by atoms with E-state index in [1.54, 1.807) is 6.20 Å². The number of primary amides is 1. The van der Waals surface area contributed by atoms with Gasteiger partial charge in [0.25, 0.3) is 0 Å². The molecule has 0 radical (unpaired) electrons. The maximum absolute atomic E-state index is 12.1. The Morgan fingerprint density at radius 1 is 1.29 bits per heavy atom. The van der Waals surface area contributed by atoms with Crippen molar-refractivity contribution in [2.45, 2.75) is 50.7 Å². The van der Waals surface area contributed by atoms with E-state index in [1.165, 1.54) is 6.08 Å². The molecule has 1 aliphatic heterocycles. The third-order valence-electron chi connectivity index (χ3n) is 8.10. The van der Waals surface area contributed by atoms with Crippen LogP contribution in [-0.4, -0.2) is 56.6 Å². The minimum Gasteiger partial charge on any atom is -0.443 e. The molecule has 38 heavy (non-hydrogen) atoms. The SMILES string of the molecule is C=CC(=O)N1CCC(C2[C@H](Nc3ncc(Cl)c(-c4c[nH]c5ccccc45)n3)CCC[C@]2(C)OC(N)=O)CC1. The fraction of sp³-hybridized carbons (Fsp3) is 0.429. The predicted molar refractivity (Wildman–Crippen MR) is 148 cm³/mol. The van der Waals surface area contributed by atoms with E-state index >= 15 is 0 Å². The number of hydrogen-bond donors (Lipinski definition) is 3. The highest BCUT2D eigenvalue weighted by Crippen LogP contribution is 2.45. The number of anilines is 1. The van der Waals surface area contributed by atoms with Crippen molar-refractivity contribution < 1.29 is 14.3 Å². The molecule has 200 valence electrons. The molecule has 4 N–H and O–H groups in total. The quantitative estimate of drug-likeness (QED) is 0.374. The highest BCUT2D eigenvalue weighted by molar-refractivity contribution is 6.33. The van der Waals surface area contributed by atoms with Gasteiger partial charge in [-0.05, 0) is 57.1 Å². The van der Waals surface area contributed by atoms with Gasteiger partial charge in [-0.25, -0.2) is 14.8 Å². The van der Waals surface area contributed by atoms with Crippen molar-refractivity contribution in [1.29, 1.82) is 0 Å². The summed E-state index contributed by atoms with van der Waals surface area (Å²) in [5, 5.41) is 5.05. The van der Waals surface area contributed by atoms with E-state index in [-0.39, 0.29) is 23.8 Å².